The lowest BCUT2D eigenvalue weighted by Gasteiger charge is -2.32. The van der Waals surface area contributed by atoms with Crippen LogP contribution in [0.2, 0.25) is 0 Å². The highest BCUT2D eigenvalue weighted by molar-refractivity contribution is 9.10. The number of nitrogens with one attached hydrogen (secondary N) is 1. The van der Waals surface area contributed by atoms with E-state index in [2.05, 4.69) is 21.2 Å². The molecule has 0 radical (unpaired) electrons. The Hall–Kier alpha value is -1.66. The average Bonchev–Trinajstić information content (AvgIpc) is 3.10. The Morgan fingerprint density at radius 2 is 1.78 bits per heavy atom. The number of carbonyl (C=O) groups excluding carboxylic acids is 2. The van der Waals surface area contributed by atoms with Crippen molar-refractivity contribution < 1.29 is 9.59 Å². The summed E-state index contributed by atoms with van der Waals surface area (Å²) in [4.78, 5) is 26.4. The van der Waals surface area contributed by atoms with Crippen molar-refractivity contribution in [3.63, 3.8) is 0 Å². The Morgan fingerprint density at radius 3 is 2.39 bits per heavy atom. The van der Waals surface area contributed by atoms with Crippen molar-refractivity contribution >= 4 is 39.1 Å². The number of thiophene rings is 1. The standard InChI is InChI=1S/C17H17BrN2O2S/c18-14-3-1-12(2-4-14)17(22)20-8-5-15(6-9-20)19-16(21)13-7-10-23-11-13/h1-4,7,10-11,15H,5-6,8-9H2,(H,19,21). The number of likely N-dealkylation sites (tertiary alicyclic amines) is 1. The van der Waals surface area contributed by atoms with Crippen molar-refractivity contribution in [3.8, 4) is 0 Å². The van der Waals surface area contributed by atoms with Crippen LogP contribution in [0.3, 0.4) is 0 Å². The van der Waals surface area contributed by atoms with E-state index in [4.69, 9.17) is 0 Å². The molecule has 1 aromatic heterocycles. The number of hydrogen-bond acceptors (Lipinski definition) is 3. The van der Waals surface area contributed by atoms with E-state index in [9.17, 15) is 9.59 Å². The van der Waals surface area contributed by atoms with Crippen LogP contribution >= 0.6 is 27.3 Å². The summed E-state index contributed by atoms with van der Waals surface area (Å²) < 4.78 is 0.962. The van der Waals surface area contributed by atoms with E-state index >= 15 is 0 Å². The fourth-order valence-electron chi connectivity index (χ4n) is 2.66. The highest BCUT2D eigenvalue weighted by Gasteiger charge is 2.24. The van der Waals surface area contributed by atoms with Crippen molar-refractivity contribution in [2.75, 3.05) is 13.1 Å². The lowest BCUT2D eigenvalue weighted by Crippen LogP contribution is -2.46. The van der Waals surface area contributed by atoms with Crippen LogP contribution in [0.25, 0.3) is 0 Å². The first-order chi connectivity index (χ1) is 11.1. The van der Waals surface area contributed by atoms with Gasteiger partial charge < -0.3 is 10.2 Å². The maximum atomic E-state index is 12.5. The van der Waals surface area contributed by atoms with Gasteiger partial charge in [0.05, 0.1) is 0 Å². The van der Waals surface area contributed by atoms with Gasteiger partial charge in [-0.3, -0.25) is 9.59 Å². The lowest BCUT2D eigenvalue weighted by atomic mass is 10.0. The summed E-state index contributed by atoms with van der Waals surface area (Å²) in [6, 6.07) is 9.37. The van der Waals surface area contributed by atoms with Gasteiger partial charge in [-0.2, -0.15) is 11.3 Å². The van der Waals surface area contributed by atoms with Gasteiger partial charge in [-0.1, -0.05) is 15.9 Å². The summed E-state index contributed by atoms with van der Waals surface area (Å²) in [6.07, 6.45) is 1.58. The minimum absolute atomic E-state index is 0.0241. The predicted octanol–water partition coefficient (Wildman–Crippen LogP) is 3.55. The number of nitrogens with zero attached hydrogens (tertiary/aromatic N) is 1. The van der Waals surface area contributed by atoms with Gasteiger partial charge in [-0.05, 0) is 48.6 Å². The summed E-state index contributed by atoms with van der Waals surface area (Å²) in [5.74, 6) is 0.0315. The Kier molecular flexibility index (Phi) is 5.13. The van der Waals surface area contributed by atoms with Crippen LogP contribution in [0.15, 0.2) is 45.6 Å². The molecule has 2 amide bonds. The molecule has 23 heavy (non-hydrogen) atoms. The molecule has 0 saturated carbocycles. The fraction of sp³-hybridized carbons (Fsp3) is 0.294. The Bertz CT molecular complexity index is 677. The number of piperidine rings is 1. The van der Waals surface area contributed by atoms with Crippen LogP contribution in [0, 0.1) is 0 Å². The summed E-state index contributed by atoms with van der Waals surface area (Å²) in [7, 11) is 0. The van der Waals surface area contributed by atoms with Crippen LogP contribution in [-0.4, -0.2) is 35.8 Å². The molecule has 4 nitrogen and oxygen atoms in total. The molecular weight excluding hydrogens is 376 g/mol. The van der Waals surface area contributed by atoms with Gasteiger partial charge in [0, 0.05) is 40.1 Å². The third-order valence-electron chi connectivity index (χ3n) is 3.99. The normalized spacial score (nSPS) is 15.4. The largest absolute Gasteiger partial charge is 0.349 e. The van der Waals surface area contributed by atoms with Gasteiger partial charge in [0.1, 0.15) is 0 Å². The maximum absolute atomic E-state index is 12.5. The van der Waals surface area contributed by atoms with E-state index in [1.807, 2.05) is 46.0 Å². The first-order valence-corrected chi connectivity index (χ1v) is 9.25. The molecular formula is C17H17BrN2O2S. The van der Waals surface area contributed by atoms with Crippen LogP contribution in [0.5, 0.6) is 0 Å². The van der Waals surface area contributed by atoms with Crippen molar-refractivity contribution in [1.29, 1.82) is 0 Å². The molecule has 0 atom stereocenters. The second kappa shape index (κ2) is 7.27. The molecule has 0 spiro atoms. The summed E-state index contributed by atoms with van der Waals surface area (Å²) >= 11 is 4.89. The smallest absolute Gasteiger partial charge is 0.253 e. The molecule has 6 heteroatoms. The molecule has 0 aliphatic carbocycles. The molecule has 1 fully saturated rings. The van der Waals surface area contributed by atoms with Crippen LogP contribution in [0.1, 0.15) is 33.6 Å². The molecule has 2 heterocycles. The number of amides is 2. The van der Waals surface area contributed by atoms with E-state index in [0.717, 1.165) is 17.3 Å². The van der Waals surface area contributed by atoms with Gasteiger partial charge in [0.15, 0.2) is 0 Å². The maximum Gasteiger partial charge on any atom is 0.253 e. The third kappa shape index (κ3) is 4.00. The zero-order valence-corrected chi connectivity index (χ0v) is 14.9. The molecule has 1 aromatic carbocycles. The Balaban J connectivity index is 1.53. The van der Waals surface area contributed by atoms with Crippen molar-refractivity contribution in [3.05, 3.63) is 56.7 Å². The van der Waals surface area contributed by atoms with Crippen LogP contribution < -0.4 is 5.32 Å². The SMILES string of the molecule is O=C(NC1CCN(C(=O)c2ccc(Br)cc2)CC1)c1ccsc1. The second-order valence-corrected chi connectivity index (χ2v) is 7.25. The van der Waals surface area contributed by atoms with E-state index in [1.165, 1.54) is 11.3 Å². The molecule has 1 N–H and O–H groups in total. The lowest BCUT2D eigenvalue weighted by molar-refractivity contribution is 0.0698. The molecule has 3 rings (SSSR count). The summed E-state index contributed by atoms with van der Waals surface area (Å²) in [5, 5.41) is 6.80. The molecule has 0 unspecified atom stereocenters. The Labute approximate surface area is 147 Å². The summed E-state index contributed by atoms with van der Waals surface area (Å²) in [6.45, 7) is 1.34. The monoisotopic (exact) mass is 392 g/mol. The minimum atomic E-state index is -0.0241. The number of rotatable bonds is 3. The zero-order chi connectivity index (χ0) is 16.2. The van der Waals surface area contributed by atoms with E-state index in [-0.39, 0.29) is 17.9 Å². The Morgan fingerprint density at radius 1 is 1.09 bits per heavy atom. The third-order valence-corrected chi connectivity index (χ3v) is 5.20. The second-order valence-electron chi connectivity index (χ2n) is 5.56. The highest BCUT2D eigenvalue weighted by Crippen LogP contribution is 2.17. The van der Waals surface area contributed by atoms with Crippen molar-refractivity contribution in [1.82, 2.24) is 10.2 Å². The van der Waals surface area contributed by atoms with Crippen molar-refractivity contribution in [2.24, 2.45) is 0 Å². The van der Waals surface area contributed by atoms with E-state index in [1.54, 1.807) is 0 Å². The topological polar surface area (TPSA) is 49.4 Å². The van der Waals surface area contributed by atoms with Gasteiger partial charge in [0.2, 0.25) is 0 Å². The fourth-order valence-corrected chi connectivity index (χ4v) is 3.56. The number of hydrogen-bond donors (Lipinski definition) is 1. The van der Waals surface area contributed by atoms with Crippen LogP contribution in [-0.2, 0) is 0 Å². The number of benzene rings is 1. The van der Waals surface area contributed by atoms with E-state index in [0.29, 0.717) is 24.2 Å². The predicted molar refractivity (Wildman–Crippen MR) is 94.9 cm³/mol. The molecule has 2 aromatic rings. The minimum Gasteiger partial charge on any atom is -0.349 e. The van der Waals surface area contributed by atoms with Gasteiger partial charge in [-0.15, -0.1) is 0 Å². The highest BCUT2D eigenvalue weighted by atomic mass is 79.9. The summed E-state index contributed by atoms with van der Waals surface area (Å²) in [5.41, 5.74) is 1.41. The van der Waals surface area contributed by atoms with Gasteiger partial charge >= 0.3 is 0 Å². The number of halogens is 1. The molecule has 1 aliphatic rings. The van der Waals surface area contributed by atoms with E-state index < -0.39 is 0 Å². The van der Waals surface area contributed by atoms with Crippen molar-refractivity contribution in [2.45, 2.75) is 18.9 Å². The first kappa shape index (κ1) is 16.2. The number of carbonyl (C=O) groups is 2. The molecule has 1 aliphatic heterocycles. The first-order valence-electron chi connectivity index (χ1n) is 7.51. The van der Waals surface area contributed by atoms with Gasteiger partial charge in [0.25, 0.3) is 11.8 Å². The molecule has 120 valence electrons. The average molecular weight is 393 g/mol. The van der Waals surface area contributed by atoms with Gasteiger partial charge in [-0.25, -0.2) is 0 Å². The van der Waals surface area contributed by atoms with Crippen LogP contribution in [0.4, 0.5) is 0 Å². The zero-order valence-electron chi connectivity index (χ0n) is 12.5. The molecule has 0 bridgehead atoms. The quantitative estimate of drug-likeness (QED) is 0.867. The molecule has 1 saturated heterocycles.